The number of esters is 1. The smallest absolute Gasteiger partial charge is 0.308 e. The minimum atomic E-state index is -0.381. The molecular formula is C22H15N3O2. The molecule has 0 spiro atoms. The molecule has 5 aromatic rings. The first-order valence-electron chi connectivity index (χ1n) is 8.66. The fourth-order valence-electron chi connectivity index (χ4n) is 3.43. The molecule has 0 saturated carbocycles. The van der Waals surface area contributed by atoms with Gasteiger partial charge in [0.15, 0.2) is 5.75 Å². The van der Waals surface area contributed by atoms with Crippen LogP contribution in [0.2, 0.25) is 0 Å². The van der Waals surface area contributed by atoms with E-state index in [-0.39, 0.29) is 5.97 Å². The summed E-state index contributed by atoms with van der Waals surface area (Å²) in [5, 5.41) is 13.5. The Hall–Kier alpha value is -3.73. The Labute approximate surface area is 154 Å². The van der Waals surface area contributed by atoms with Crippen molar-refractivity contribution < 1.29 is 9.53 Å². The Morgan fingerprint density at radius 2 is 1.48 bits per heavy atom. The van der Waals surface area contributed by atoms with Gasteiger partial charge in [0, 0.05) is 17.7 Å². The Kier molecular flexibility index (Phi) is 3.40. The molecule has 0 saturated heterocycles. The van der Waals surface area contributed by atoms with E-state index in [9.17, 15) is 4.79 Å². The van der Waals surface area contributed by atoms with Gasteiger partial charge in [-0.2, -0.15) is 0 Å². The van der Waals surface area contributed by atoms with Crippen LogP contribution in [0.25, 0.3) is 38.3 Å². The molecule has 5 heteroatoms. The van der Waals surface area contributed by atoms with Gasteiger partial charge in [-0.05, 0) is 22.9 Å². The van der Waals surface area contributed by atoms with E-state index in [4.69, 9.17) is 9.84 Å². The molecule has 5 nitrogen and oxygen atoms in total. The highest BCUT2D eigenvalue weighted by molar-refractivity contribution is 6.04. The SMILES string of the molecule is CC(=O)Oc1ccc2ccccc2c1-n1nc2ccc3ccccc3c2n1. The van der Waals surface area contributed by atoms with Crippen molar-refractivity contribution >= 4 is 38.5 Å². The zero-order valence-corrected chi connectivity index (χ0v) is 14.6. The molecule has 27 heavy (non-hydrogen) atoms. The van der Waals surface area contributed by atoms with E-state index < -0.39 is 0 Å². The van der Waals surface area contributed by atoms with Crippen LogP contribution in [0, 0.1) is 0 Å². The van der Waals surface area contributed by atoms with Gasteiger partial charge in [0.25, 0.3) is 0 Å². The van der Waals surface area contributed by atoms with Crippen LogP contribution in [-0.4, -0.2) is 21.0 Å². The van der Waals surface area contributed by atoms with E-state index in [1.54, 1.807) is 10.9 Å². The molecule has 4 aromatic carbocycles. The third-order valence-corrected chi connectivity index (χ3v) is 4.59. The van der Waals surface area contributed by atoms with Crippen molar-refractivity contribution in [1.29, 1.82) is 0 Å². The zero-order valence-electron chi connectivity index (χ0n) is 14.6. The second-order valence-electron chi connectivity index (χ2n) is 6.37. The van der Waals surface area contributed by atoms with Gasteiger partial charge in [0.2, 0.25) is 0 Å². The van der Waals surface area contributed by atoms with Gasteiger partial charge in [-0.15, -0.1) is 15.0 Å². The number of carbonyl (C=O) groups excluding carboxylic acids is 1. The second-order valence-corrected chi connectivity index (χ2v) is 6.37. The molecular weight excluding hydrogens is 338 g/mol. The summed E-state index contributed by atoms with van der Waals surface area (Å²) in [6, 6.07) is 23.7. The average molecular weight is 353 g/mol. The molecule has 0 atom stereocenters. The molecule has 130 valence electrons. The van der Waals surface area contributed by atoms with Gasteiger partial charge in [-0.25, -0.2) is 0 Å². The van der Waals surface area contributed by atoms with Crippen molar-refractivity contribution in [1.82, 2.24) is 15.0 Å². The van der Waals surface area contributed by atoms with Gasteiger partial charge < -0.3 is 4.74 Å². The molecule has 0 aliphatic heterocycles. The number of ether oxygens (including phenoxy) is 1. The number of carbonyl (C=O) groups is 1. The van der Waals surface area contributed by atoms with E-state index in [2.05, 4.69) is 11.2 Å². The highest BCUT2D eigenvalue weighted by atomic mass is 16.5. The van der Waals surface area contributed by atoms with Crippen LogP contribution in [0.1, 0.15) is 6.92 Å². The third kappa shape index (κ3) is 2.52. The summed E-state index contributed by atoms with van der Waals surface area (Å²) in [6.45, 7) is 1.39. The first-order valence-corrected chi connectivity index (χ1v) is 8.66. The van der Waals surface area contributed by atoms with Crippen molar-refractivity contribution in [2.75, 3.05) is 0 Å². The molecule has 0 unspecified atom stereocenters. The van der Waals surface area contributed by atoms with E-state index in [0.29, 0.717) is 11.4 Å². The van der Waals surface area contributed by atoms with Crippen LogP contribution in [0.4, 0.5) is 0 Å². The molecule has 5 rings (SSSR count). The maximum atomic E-state index is 11.6. The predicted molar refractivity (Wildman–Crippen MR) is 105 cm³/mol. The minimum Gasteiger partial charge on any atom is -0.424 e. The van der Waals surface area contributed by atoms with Crippen LogP contribution in [0.5, 0.6) is 5.75 Å². The lowest BCUT2D eigenvalue weighted by Gasteiger charge is -2.11. The Morgan fingerprint density at radius 1 is 0.815 bits per heavy atom. The molecule has 1 heterocycles. The summed E-state index contributed by atoms with van der Waals surface area (Å²) in [5.74, 6) is 0.0551. The lowest BCUT2D eigenvalue weighted by Crippen LogP contribution is -2.08. The number of hydrogen-bond acceptors (Lipinski definition) is 4. The van der Waals surface area contributed by atoms with Gasteiger partial charge in [-0.3, -0.25) is 4.79 Å². The molecule has 0 aliphatic rings. The first kappa shape index (κ1) is 15.5. The first-order chi connectivity index (χ1) is 13.2. The molecule has 0 radical (unpaired) electrons. The van der Waals surface area contributed by atoms with Crippen molar-refractivity contribution in [3.8, 4) is 11.4 Å². The maximum Gasteiger partial charge on any atom is 0.308 e. The fourth-order valence-corrected chi connectivity index (χ4v) is 3.43. The van der Waals surface area contributed by atoms with Gasteiger partial charge in [0.1, 0.15) is 16.7 Å². The summed E-state index contributed by atoms with van der Waals surface area (Å²) < 4.78 is 5.45. The minimum absolute atomic E-state index is 0.381. The number of hydrogen-bond donors (Lipinski definition) is 0. The fraction of sp³-hybridized carbons (Fsp3) is 0.0455. The van der Waals surface area contributed by atoms with Crippen LogP contribution in [0.3, 0.4) is 0 Å². The van der Waals surface area contributed by atoms with Crippen LogP contribution < -0.4 is 4.74 Å². The predicted octanol–water partition coefficient (Wildman–Crippen LogP) is 4.65. The van der Waals surface area contributed by atoms with Crippen molar-refractivity contribution in [2.24, 2.45) is 0 Å². The number of rotatable bonds is 2. The van der Waals surface area contributed by atoms with Crippen molar-refractivity contribution in [3.63, 3.8) is 0 Å². The van der Waals surface area contributed by atoms with Gasteiger partial charge in [-0.1, -0.05) is 60.7 Å². The number of aromatic nitrogens is 3. The lowest BCUT2D eigenvalue weighted by molar-refractivity contribution is -0.131. The van der Waals surface area contributed by atoms with Crippen molar-refractivity contribution in [2.45, 2.75) is 6.92 Å². The zero-order chi connectivity index (χ0) is 18.4. The van der Waals surface area contributed by atoms with Crippen molar-refractivity contribution in [3.05, 3.63) is 72.8 Å². The molecule has 0 fully saturated rings. The largest absolute Gasteiger partial charge is 0.424 e. The molecule has 1 aromatic heterocycles. The van der Waals surface area contributed by atoms with E-state index in [0.717, 1.165) is 32.6 Å². The normalized spacial score (nSPS) is 11.3. The monoisotopic (exact) mass is 353 g/mol. The molecule has 0 bridgehead atoms. The van der Waals surface area contributed by atoms with E-state index in [1.807, 2.05) is 60.7 Å². The van der Waals surface area contributed by atoms with E-state index >= 15 is 0 Å². The second kappa shape index (κ2) is 5.92. The lowest BCUT2D eigenvalue weighted by atomic mass is 10.1. The maximum absolute atomic E-state index is 11.6. The number of benzene rings is 4. The number of fused-ring (bicyclic) bond motifs is 4. The standard InChI is InChI=1S/C22H15N3O2/c1-14(26)27-20-13-11-16-7-3-5-9-18(16)22(20)25-23-19-12-10-15-6-2-4-8-17(15)21(19)24-25/h2-13H,1H3. The molecule has 0 N–H and O–H groups in total. The third-order valence-electron chi connectivity index (χ3n) is 4.59. The molecule has 0 amide bonds. The van der Waals surface area contributed by atoms with Gasteiger partial charge >= 0.3 is 5.97 Å². The number of nitrogens with zero attached hydrogens (tertiary/aromatic N) is 3. The molecule has 0 aliphatic carbocycles. The highest BCUT2D eigenvalue weighted by Crippen LogP contribution is 2.32. The summed E-state index contributed by atoms with van der Waals surface area (Å²) in [4.78, 5) is 13.2. The summed E-state index contributed by atoms with van der Waals surface area (Å²) in [7, 11) is 0. The average Bonchev–Trinajstić information content (AvgIpc) is 3.11. The van der Waals surface area contributed by atoms with E-state index in [1.165, 1.54) is 6.92 Å². The van der Waals surface area contributed by atoms with Crippen LogP contribution in [0.15, 0.2) is 72.8 Å². The van der Waals surface area contributed by atoms with Gasteiger partial charge in [0.05, 0.1) is 0 Å². The summed E-state index contributed by atoms with van der Waals surface area (Å²) in [5.41, 5.74) is 2.26. The van der Waals surface area contributed by atoms with Crippen LogP contribution in [-0.2, 0) is 4.79 Å². The highest BCUT2D eigenvalue weighted by Gasteiger charge is 2.16. The Morgan fingerprint density at radius 3 is 2.26 bits per heavy atom. The summed E-state index contributed by atoms with van der Waals surface area (Å²) >= 11 is 0. The quantitative estimate of drug-likeness (QED) is 0.342. The topological polar surface area (TPSA) is 57.0 Å². The van der Waals surface area contributed by atoms with Crippen LogP contribution >= 0.6 is 0 Å². The Bertz CT molecular complexity index is 1340. The Balaban J connectivity index is 1.84. The summed E-state index contributed by atoms with van der Waals surface area (Å²) in [6.07, 6.45) is 0.